The van der Waals surface area contributed by atoms with E-state index in [-0.39, 0.29) is 5.41 Å². The summed E-state index contributed by atoms with van der Waals surface area (Å²) in [6.07, 6.45) is 0. The van der Waals surface area contributed by atoms with E-state index < -0.39 is 0 Å². The topological polar surface area (TPSA) is 52.5 Å². The highest BCUT2D eigenvalue weighted by atomic mass is 32.1. The van der Waals surface area contributed by atoms with E-state index in [4.69, 9.17) is 15.5 Å². The Morgan fingerprint density at radius 1 is 1.23 bits per heavy atom. The van der Waals surface area contributed by atoms with E-state index >= 15 is 0 Å². The summed E-state index contributed by atoms with van der Waals surface area (Å²) in [6, 6.07) is 7.96. The molecule has 0 bridgehead atoms. The molecule has 0 atom stereocenters. The van der Waals surface area contributed by atoms with Gasteiger partial charge in [-0.3, -0.25) is 4.40 Å². The number of nitrogens with two attached hydrogens (primary N) is 1. The molecule has 4 nitrogen and oxygen atoms in total. The van der Waals surface area contributed by atoms with Gasteiger partial charge < -0.3 is 10.5 Å². The van der Waals surface area contributed by atoms with E-state index in [0.29, 0.717) is 6.54 Å². The van der Waals surface area contributed by atoms with Crippen LogP contribution in [0.15, 0.2) is 29.6 Å². The van der Waals surface area contributed by atoms with Crippen molar-refractivity contribution in [1.29, 1.82) is 0 Å². The lowest BCUT2D eigenvalue weighted by atomic mass is 9.93. The number of ether oxygens (including phenoxy) is 1. The molecule has 2 heterocycles. The Balaban J connectivity index is 2.20. The Labute approximate surface area is 134 Å². The van der Waals surface area contributed by atoms with Gasteiger partial charge in [0.2, 0.25) is 0 Å². The molecule has 0 radical (unpaired) electrons. The van der Waals surface area contributed by atoms with Crippen molar-refractivity contribution >= 4 is 16.3 Å². The average Bonchev–Trinajstić information content (AvgIpc) is 3.04. The van der Waals surface area contributed by atoms with Crippen LogP contribution < -0.4 is 10.5 Å². The predicted octanol–water partition coefficient (Wildman–Crippen LogP) is 3.83. The van der Waals surface area contributed by atoms with Crippen LogP contribution in [-0.2, 0) is 12.0 Å². The maximum absolute atomic E-state index is 6.05. The van der Waals surface area contributed by atoms with Crippen molar-refractivity contribution in [2.75, 3.05) is 7.11 Å². The summed E-state index contributed by atoms with van der Waals surface area (Å²) >= 11 is 1.67. The molecule has 3 aromatic rings. The third-order valence-electron chi connectivity index (χ3n) is 3.78. The number of hydrogen-bond acceptors (Lipinski definition) is 4. The van der Waals surface area contributed by atoms with E-state index in [0.717, 1.165) is 27.7 Å². The summed E-state index contributed by atoms with van der Waals surface area (Å²) in [4.78, 5) is 5.80. The van der Waals surface area contributed by atoms with Crippen LogP contribution in [0.1, 0.15) is 32.2 Å². The van der Waals surface area contributed by atoms with Crippen LogP contribution >= 0.6 is 11.3 Å². The fourth-order valence-corrected chi connectivity index (χ4v) is 3.73. The molecule has 0 fully saturated rings. The summed E-state index contributed by atoms with van der Waals surface area (Å²) in [6.45, 7) is 7.09. The monoisotopic (exact) mass is 315 g/mol. The molecule has 1 aromatic carbocycles. The van der Waals surface area contributed by atoms with Gasteiger partial charge in [-0.05, 0) is 24.3 Å². The van der Waals surface area contributed by atoms with Gasteiger partial charge in [0.25, 0.3) is 0 Å². The standard InChI is InChI=1S/C17H21N3OS/c1-17(2,3)14-10-22-16-19-15(13(9-18)20(14)16)11-5-7-12(21-4)8-6-11/h5-8,10H,9,18H2,1-4H3. The van der Waals surface area contributed by atoms with E-state index in [1.54, 1.807) is 18.4 Å². The van der Waals surface area contributed by atoms with E-state index in [1.807, 2.05) is 24.3 Å². The quantitative estimate of drug-likeness (QED) is 0.799. The van der Waals surface area contributed by atoms with Gasteiger partial charge in [0.05, 0.1) is 18.5 Å². The van der Waals surface area contributed by atoms with Crippen molar-refractivity contribution in [3.8, 4) is 17.0 Å². The number of hydrogen-bond donors (Lipinski definition) is 1. The highest BCUT2D eigenvalue weighted by Crippen LogP contribution is 2.33. The second kappa shape index (κ2) is 5.41. The molecule has 0 aliphatic heterocycles. The Hall–Kier alpha value is -1.85. The molecule has 22 heavy (non-hydrogen) atoms. The third-order valence-corrected chi connectivity index (χ3v) is 4.61. The molecular weight excluding hydrogens is 294 g/mol. The van der Waals surface area contributed by atoms with E-state index in [1.165, 1.54) is 5.69 Å². The Kier molecular flexibility index (Phi) is 3.70. The van der Waals surface area contributed by atoms with Gasteiger partial charge in [0, 0.05) is 28.6 Å². The number of thiazole rings is 1. The zero-order valence-electron chi connectivity index (χ0n) is 13.4. The number of methoxy groups -OCH3 is 1. The minimum Gasteiger partial charge on any atom is -0.497 e. The molecule has 0 aliphatic carbocycles. The second-order valence-corrected chi connectivity index (χ2v) is 7.17. The third kappa shape index (κ3) is 2.40. The van der Waals surface area contributed by atoms with E-state index in [9.17, 15) is 0 Å². The van der Waals surface area contributed by atoms with Crippen molar-refractivity contribution in [2.24, 2.45) is 5.73 Å². The molecule has 0 saturated heterocycles. The first-order valence-corrected chi connectivity index (χ1v) is 8.17. The molecule has 5 heteroatoms. The smallest absolute Gasteiger partial charge is 0.194 e. The zero-order chi connectivity index (χ0) is 15.9. The number of nitrogens with zero attached hydrogens (tertiary/aromatic N) is 2. The molecule has 2 aromatic heterocycles. The lowest BCUT2D eigenvalue weighted by Crippen LogP contribution is -2.16. The van der Waals surface area contributed by atoms with E-state index in [2.05, 4.69) is 30.6 Å². The molecule has 0 saturated carbocycles. The zero-order valence-corrected chi connectivity index (χ0v) is 14.2. The lowest BCUT2D eigenvalue weighted by Gasteiger charge is -2.18. The minimum atomic E-state index is 0.0556. The summed E-state index contributed by atoms with van der Waals surface area (Å²) in [5.74, 6) is 0.842. The van der Waals surface area contributed by atoms with Crippen molar-refractivity contribution < 1.29 is 4.74 Å². The number of benzene rings is 1. The van der Waals surface area contributed by atoms with Crippen LogP contribution in [0.25, 0.3) is 16.2 Å². The number of aromatic nitrogens is 2. The summed E-state index contributed by atoms with van der Waals surface area (Å²) in [7, 11) is 1.67. The first-order chi connectivity index (χ1) is 10.5. The minimum absolute atomic E-state index is 0.0556. The van der Waals surface area contributed by atoms with Crippen molar-refractivity contribution in [3.05, 3.63) is 41.0 Å². The van der Waals surface area contributed by atoms with Crippen LogP contribution in [0.3, 0.4) is 0 Å². The molecule has 3 rings (SSSR count). The second-order valence-electron chi connectivity index (χ2n) is 6.33. The van der Waals surface area contributed by atoms with Crippen LogP contribution in [0.2, 0.25) is 0 Å². The fourth-order valence-electron chi connectivity index (χ4n) is 2.60. The molecule has 116 valence electrons. The summed E-state index contributed by atoms with van der Waals surface area (Å²) in [5, 5.41) is 2.18. The van der Waals surface area contributed by atoms with Crippen LogP contribution in [-0.4, -0.2) is 16.5 Å². The number of rotatable bonds is 3. The van der Waals surface area contributed by atoms with Gasteiger partial charge in [-0.15, -0.1) is 11.3 Å². The first-order valence-electron chi connectivity index (χ1n) is 7.29. The lowest BCUT2D eigenvalue weighted by molar-refractivity contribution is 0.415. The predicted molar refractivity (Wildman–Crippen MR) is 91.6 cm³/mol. The molecule has 0 aliphatic rings. The first kappa shape index (κ1) is 15.1. The highest BCUT2D eigenvalue weighted by molar-refractivity contribution is 7.15. The average molecular weight is 315 g/mol. The fraction of sp³-hybridized carbons (Fsp3) is 0.353. The Morgan fingerprint density at radius 3 is 2.45 bits per heavy atom. The normalized spacial score (nSPS) is 12.0. The highest BCUT2D eigenvalue weighted by Gasteiger charge is 2.23. The molecule has 0 amide bonds. The maximum atomic E-state index is 6.05. The van der Waals surface area contributed by atoms with Gasteiger partial charge in [-0.25, -0.2) is 4.98 Å². The van der Waals surface area contributed by atoms with Crippen LogP contribution in [0.5, 0.6) is 5.75 Å². The van der Waals surface area contributed by atoms with Gasteiger partial charge >= 0.3 is 0 Å². The van der Waals surface area contributed by atoms with Gasteiger partial charge in [-0.2, -0.15) is 0 Å². The van der Waals surface area contributed by atoms with Crippen molar-refractivity contribution in [3.63, 3.8) is 0 Å². The van der Waals surface area contributed by atoms with Crippen molar-refractivity contribution in [2.45, 2.75) is 32.7 Å². The SMILES string of the molecule is COc1ccc(-c2nc3scc(C(C)(C)C)n3c2CN)cc1. The number of imidazole rings is 1. The van der Waals surface area contributed by atoms with Crippen LogP contribution in [0, 0.1) is 0 Å². The molecule has 0 unspecified atom stereocenters. The van der Waals surface area contributed by atoms with Gasteiger partial charge in [-0.1, -0.05) is 20.8 Å². The van der Waals surface area contributed by atoms with Crippen LogP contribution in [0.4, 0.5) is 0 Å². The van der Waals surface area contributed by atoms with Gasteiger partial charge in [0.1, 0.15) is 5.75 Å². The van der Waals surface area contributed by atoms with Crippen molar-refractivity contribution in [1.82, 2.24) is 9.38 Å². The molecule has 0 spiro atoms. The Bertz CT molecular complexity index is 794. The summed E-state index contributed by atoms with van der Waals surface area (Å²) < 4.78 is 7.43. The molecule has 2 N–H and O–H groups in total. The Morgan fingerprint density at radius 2 is 1.91 bits per heavy atom. The maximum Gasteiger partial charge on any atom is 0.194 e. The number of fused-ring (bicyclic) bond motifs is 1. The largest absolute Gasteiger partial charge is 0.497 e. The molecular formula is C17H21N3OS. The summed E-state index contributed by atoms with van der Waals surface area (Å²) in [5.41, 5.74) is 10.4. The van der Waals surface area contributed by atoms with Gasteiger partial charge in [0.15, 0.2) is 4.96 Å².